The number of nitrogens with one attached hydrogen (secondary N) is 2. The van der Waals surface area contributed by atoms with Crippen LogP contribution in [0.5, 0.6) is 5.75 Å². The lowest BCUT2D eigenvalue weighted by atomic mass is 9.72. The second kappa shape index (κ2) is 10.1. The second-order valence-electron chi connectivity index (χ2n) is 11.3. The van der Waals surface area contributed by atoms with Crippen LogP contribution in [0.15, 0.2) is 41.8 Å². The second-order valence-corrected chi connectivity index (χ2v) is 12.7. The van der Waals surface area contributed by atoms with Crippen LogP contribution in [0.1, 0.15) is 44.7 Å². The highest BCUT2D eigenvalue weighted by molar-refractivity contribution is 7.14. The summed E-state index contributed by atoms with van der Waals surface area (Å²) in [6.45, 7) is 10.2. The van der Waals surface area contributed by atoms with E-state index >= 15 is 0 Å². The molecule has 2 aromatic carbocycles. The van der Waals surface area contributed by atoms with Gasteiger partial charge in [-0.1, -0.05) is 44.5 Å². The van der Waals surface area contributed by atoms with Gasteiger partial charge in [-0.15, -0.1) is 11.3 Å². The van der Waals surface area contributed by atoms with Crippen LogP contribution >= 0.6 is 22.9 Å². The van der Waals surface area contributed by atoms with Crippen LogP contribution in [0, 0.1) is 16.7 Å². The normalized spacial score (nSPS) is 16.8. The average Bonchev–Trinajstić information content (AvgIpc) is 3.42. The predicted molar refractivity (Wildman–Crippen MR) is 153 cm³/mol. The molecule has 3 heterocycles. The third-order valence-corrected chi connectivity index (χ3v) is 8.19. The fourth-order valence-electron chi connectivity index (χ4n) is 5.76. The van der Waals surface area contributed by atoms with Crippen molar-refractivity contribution in [2.75, 3.05) is 41.7 Å². The minimum atomic E-state index is -0.445. The Morgan fingerprint density at radius 1 is 1.21 bits per heavy atom. The number of urea groups is 1. The Morgan fingerprint density at radius 3 is 2.61 bits per heavy atom. The molecule has 0 radical (unpaired) electrons. The van der Waals surface area contributed by atoms with Gasteiger partial charge >= 0.3 is 6.03 Å². The number of nitrogens with zero attached hydrogens (tertiary/aromatic N) is 4. The fourth-order valence-corrected chi connectivity index (χ4v) is 6.46. The first kappa shape index (κ1) is 26.3. The minimum absolute atomic E-state index is 0.129. The molecule has 0 unspecified atom stereocenters. The molecule has 3 N–H and O–H groups in total. The molecule has 0 saturated carbocycles. The highest BCUT2D eigenvalue weighted by atomic mass is 35.5. The number of rotatable bonds is 4. The molecule has 0 atom stereocenters. The van der Waals surface area contributed by atoms with E-state index in [0.717, 1.165) is 43.7 Å². The Labute approximate surface area is 231 Å². The van der Waals surface area contributed by atoms with Crippen LogP contribution in [-0.4, -0.2) is 47.2 Å². The number of fused-ring (bicyclic) bond motifs is 2. The van der Waals surface area contributed by atoms with E-state index < -0.39 is 6.03 Å². The molecule has 38 heavy (non-hydrogen) atoms. The van der Waals surface area contributed by atoms with Gasteiger partial charge < -0.3 is 20.2 Å². The van der Waals surface area contributed by atoms with Gasteiger partial charge in [0.2, 0.25) is 0 Å². The number of para-hydroxylation sites is 2. The molecule has 8 nitrogen and oxygen atoms in total. The first-order valence-corrected chi connectivity index (χ1v) is 13.9. The van der Waals surface area contributed by atoms with Gasteiger partial charge in [-0.25, -0.2) is 9.78 Å². The molecule has 1 fully saturated rings. The van der Waals surface area contributed by atoms with Gasteiger partial charge in [0.15, 0.2) is 4.47 Å². The smallest absolute Gasteiger partial charge is 0.324 e. The van der Waals surface area contributed by atoms with Crippen molar-refractivity contribution in [2.45, 2.75) is 39.0 Å². The summed E-state index contributed by atoms with van der Waals surface area (Å²) < 4.78 is 0.344. The summed E-state index contributed by atoms with van der Waals surface area (Å²) in [5.74, 6) is 0.503. The molecule has 2 aliphatic heterocycles. The van der Waals surface area contributed by atoms with Gasteiger partial charge in [0, 0.05) is 29.4 Å². The van der Waals surface area contributed by atoms with Gasteiger partial charge in [0.1, 0.15) is 11.6 Å². The number of nitriles is 1. The molecular weight excluding hydrogens is 520 g/mol. The molecule has 1 aromatic heterocycles. The average molecular weight is 551 g/mol. The van der Waals surface area contributed by atoms with Crippen molar-refractivity contribution >= 4 is 51.8 Å². The molecule has 10 heteroatoms. The third-order valence-electron chi connectivity index (χ3n) is 7.21. The van der Waals surface area contributed by atoms with E-state index in [1.54, 1.807) is 17.5 Å². The number of amides is 2. The number of piperidine rings is 1. The number of anilines is 4. The van der Waals surface area contributed by atoms with Crippen molar-refractivity contribution < 1.29 is 9.90 Å². The Hall–Kier alpha value is -3.32. The van der Waals surface area contributed by atoms with Crippen molar-refractivity contribution in [3.8, 4) is 11.8 Å². The lowest BCUT2D eigenvalue weighted by molar-refractivity contribution is 0.125. The van der Waals surface area contributed by atoms with E-state index in [2.05, 4.69) is 52.3 Å². The Bertz CT molecular complexity index is 1400. The van der Waals surface area contributed by atoms with Crippen LogP contribution < -0.4 is 15.5 Å². The first-order chi connectivity index (χ1) is 18.1. The van der Waals surface area contributed by atoms with E-state index in [1.807, 2.05) is 24.3 Å². The van der Waals surface area contributed by atoms with Crippen molar-refractivity contribution in [2.24, 2.45) is 5.41 Å². The first-order valence-electron chi connectivity index (χ1n) is 12.6. The summed E-state index contributed by atoms with van der Waals surface area (Å²) in [4.78, 5) is 21.4. The largest absolute Gasteiger partial charge is 0.506 e. The monoisotopic (exact) mass is 550 g/mol. The molecule has 1 spiro atoms. The van der Waals surface area contributed by atoms with Gasteiger partial charge in [0.25, 0.3) is 0 Å². The molecule has 0 bridgehead atoms. The lowest BCUT2D eigenvalue weighted by Gasteiger charge is -2.42. The van der Waals surface area contributed by atoms with Crippen LogP contribution in [0.25, 0.3) is 0 Å². The summed E-state index contributed by atoms with van der Waals surface area (Å²) >= 11 is 7.13. The van der Waals surface area contributed by atoms with Crippen molar-refractivity contribution in [1.29, 1.82) is 5.26 Å². The van der Waals surface area contributed by atoms with Crippen LogP contribution in [0.3, 0.4) is 0 Å². The summed E-state index contributed by atoms with van der Waals surface area (Å²) in [5.41, 5.74) is 3.41. The topological polar surface area (TPSA) is 105 Å². The SMILES string of the molecule is CC(C)(C)CN1CCC2(CC1)CN(c1ccccc1NC(=O)Nc1csc(Cl)n1)c1c(O)ccc(C#N)c12. The van der Waals surface area contributed by atoms with Crippen LogP contribution in [0.4, 0.5) is 27.7 Å². The van der Waals surface area contributed by atoms with E-state index in [-0.39, 0.29) is 16.6 Å². The maximum Gasteiger partial charge on any atom is 0.324 e. The number of aromatic nitrogens is 1. The Morgan fingerprint density at radius 2 is 1.95 bits per heavy atom. The van der Waals surface area contributed by atoms with E-state index in [9.17, 15) is 15.2 Å². The zero-order chi connectivity index (χ0) is 27.1. The third kappa shape index (κ3) is 5.17. The molecule has 2 amide bonds. The van der Waals surface area contributed by atoms with Crippen molar-refractivity contribution in [3.63, 3.8) is 0 Å². The maximum absolute atomic E-state index is 12.8. The fraction of sp³-hybridized carbons (Fsp3) is 0.393. The van der Waals surface area contributed by atoms with Gasteiger partial charge in [-0.2, -0.15) is 5.26 Å². The number of benzene rings is 2. The highest BCUT2D eigenvalue weighted by Gasteiger charge is 2.48. The number of phenols is 1. The number of hydrogen-bond acceptors (Lipinski definition) is 7. The standard InChI is InChI=1S/C28H31ClN6O2S/c1-27(2,3)16-34-12-10-28(11-13-34)17-35(24-21(36)9-8-18(14-30)23(24)28)20-7-5-4-6-19(20)31-26(37)33-22-15-38-25(29)32-22/h4-9,15,36H,10-13,16-17H2,1-3H3,(H2,31,33,37). The van der Waals surface area contributed by atoms with Crippen molar-refractivity contribution in [1.82, 2.24) is 9.88 Å². The number of carbonyl (C=O) groups excluding carboxylic acids is 1. The van der Waals surface area contributed by atoms with Gasteiger partial charge in [-0.05, 0) is 55.6 Å². The molecule has 2 aliphatic rings. The number of aromatic hydroxyl groups is 1. The number of phenolic OH excluding ortho intramolecular Hbond substituents is 1. The van der Waals surface area contributed by atoms with E-state index in [4.69, 9.17) is 11.6 Å². The molecular formula is C28H31ClN6O2S. The van der Waals surface area contributed by atoms with Crippen LogP contribution in [0.2, 0.25) is 4.47 Å². The number of likely N-dealkylation sites (tertiary alicyclic amines) is 1. The number of carbonyl (C=O) groups is 1. The van der Waals surface area contributed by atoms with Crippen molar-refractivity contribution in [3.05, 3.63) is 57.4 Å². The Balaban J connectivity index is 1.48. The lowest BCUT2D eigenvalue weighted by Crippen LogP contribution is -2.47. The number of halogens is 1. The molecule has 0 aliphatic carbocycles. The number of thiazole rings is 1. The molecule has 1 saturated heterocycles. The van der Waals surface area contributed by atoms with E-state index in [1.165, 1.54) is 11.3 Å². The summed E-state index contributed by atoms with van der Waals surface area (Å²) in [5, 5.41) is 28.4. The highest BCUT2D eigenvalue weighted by Crippen LogP contribution is 2.55. The van der Waals surface area contributed by atoms with Gasteiger partial charge in [-0.3, -0.25) is 5.32 Å². The Kier molecular flexibility index (Phi) is 6.99. The molecule has 198 valence electrons. The number of hydrogen-bond donors (Lipinski definition) is 3. The maximum atomic E-state index is 12.8. The van der Waals surface area contributed by atoms with Gasteiger partial charge in [0.05, 0.1) is 28.7 Å². The molecule has 5 rings (SSSR count). The summed E-state index contributed by atoms with van der Waals surface area (Å²) in [6.07, 6.45) is 1.76. The molecule has 3 aromatic rings. The summed E-state index contributed by atoms with van der Waals surface area (Å²) in [7, 11) is 0. The minimum Gasteiger partial charge on any atom is -0.506 e. The quantitative estimate of drug-likeness (QED) is 0.340. The van der Waals surface area contributed by atoms with Crippen LogP contribution in [-0.2, 0) is 5.41 Å². The zero-order valence-electron chi connectivity index (χ0n) is 21.7. The zero-order valence-corrected chi connectivity index (χ0v) is 23.3. The summed E-state index contributed by atoms with van der Waals surface area (Å²) in [6, 6.07) is 12.7. The van der Waals surface area contributed by atoms with E-state index in [0.29, 0.717) is 33.8 Å². The predicted octanol–water partition coefficient (Wildman–Crippen LogP) is 6.55.